The van der Waals surface area contributed by atoms with E-state index in [2.05, 4.69) is 74.9 Å². The van der Waals surface area contributed by atoms with Gasteiger partial charge in [-0.1, -0.05) is 57.9 Å². The van der Waals surface area contributed by atoms with Gasteiger partial charge in [-0.3, -0.25) is 0 Å². The summed E-state index contributed by atoms with van der Waals surface area (Å²) in [6.45, 7) is 11.5. The maximum absolute atomic E-state index is 4.55. The second-order valence-electron chi connectivity index (χ2n) is 10.1. The molecule has 2 aromatic heterocycles. The largest absolute Gasteiger partial charge is 0.305 e. The van der Waals surface area contributed by atoms with Gasteiger partial charge in [-0.25, -0.2) is 0 Å². The minimum absolute atomic E-state index is 0. The van der Waals surface area contributed by atoms with E-state index in [9.17, 15) is 0 Å². The number of hydrogen-bond donors (Lipinski definition) is 0. The number of hydrogen-bond acceptors (Lipinski definition) is 2. The first-order chi connectivity index (χ1) is 15.8. The maximum atomic E-state index is 4.55. The molecule has 2 nitrogen and oxygen atoms in total. The minimum Gasteiger partial charge on any atom is -0.305 e. The molecule has 2 heterocycles. The number of rotatable bonds is 2. The molecule has 3 heteroatoms. The summed E-state index contributed by atoms with van der Waals surface area (Å²) in [4.78, 5) is 8.77. The summed E-state index contributed by atoms with van der Waals surface area (Å²) in [6.07, 6.45) is 6.13. The van der Waals surface area contributed by atoms with Gasteiger partial charge in [0.2, 0.25) is 0 Å². The molecular formula is C31H32IrN2-2. The second-order valence-corrected chi connectivity index (χ2v) is 10.1. The van der Waals surface area contributed by atoms with Gasteiger partial charge in [0.15, 0.2) is 0 Å². The van der Waals surface area contributed by atoms with Crippen molar-refractivity contribution in [3.63, 3.8) is 0 Å². The molecule has 0 saturated heterocycles. The Labute approximate surface area is 218 Å². The smallest absolute Gasteiger partial charge is 0.0160 e. The molecule has 0 bridgehead atoms. The van der Waals surface area contributed by atoms with Crippen molar-refractivity contribution in [3.05, 3.63) is 108 Å². The molecule has 0 fully saturated rings. The fraction of sp³-hybridized carbons (Fsp3) is 0.290. The quantitative estimate of drug-likeness (QED) is 0.213. The first-order valence-corrected chi connectivity index (χ1v) is 11.6. The summed E-state index contributed by atoms with van der Waals surface area (Å²) in [6, 6.07) is 28.9. The molecule has 0 atom stereocenters. The fourth-order valence-corrected chi connectivity index (χ4v) is 4.48. The van der Waals surface area contributed by atoms with Gasteiger partial charge in [0, 0.05) is 32.5 Å². The summed E-state index contributed by atoms with van der Waals surface area (Å²) in [7, 11) is 0. The maximum Gasteiger partial charge on any atom is 0.0160 e. The molecule has 0 amide bonds. The van der Waals surface area contributed by atoms with Crippen molar-refractivity contribution < 1.29 is 20.1 Å². The summed E-state index contributed by atoms with van der Waals surface area (Å²) in [5.41, 5.74) is 8.81. The topological polar surface area (TPSA) is 25.8 Å². The Morgan fingerprint density at radius 3 is 2.09 bits per heavy atom. The number of aromatic nitrogens is 2. The Balaban J connectivity index is 0.000000212. The Morgan fingerprint density at radius 1 is 0.735 bits per heavy atom. The van der Waals surface area contributed by atoms with Crippen molar-refractivity contribution >= 4 is 0 Å². The molecular weight excluding hydrogens is 593 g/mol. The molecule has 0 unspecified atom stereocenters. The molecule has 0 spiro atoms. The third-order valence-electron chi connectivity index (χ3n) is 6.70. The van der Waals surface area contributed by atoms with Crippen LogP contribution in [0.5, 0.6) is 0 Å². The van der Waals surface area contributed by atoms with Crippen LogP contribution in [0.3, 0.4) is 0 Å². The zero-order valence-corrected chi connectivity index (χ0v) is 23.0. The van der Waals surface area contributed by atoms with E-state index in [1.54, 1.807) is 6.20 Å². The normalized spacial score (nSPS) is 15.2. The standard InChI is InChI=1S/C20H24N.C11H8N.Ir/c1-14-7-6-12-21-18(14)15-8-9-16-17(13-15)20(4,5)11-10-19(16,2)3;1-2-6-10(7-3-1)11-8-4-5-9-12-11;/h6-7,9,12-13H,10-11H2,1-5H3;1-6,8-9H;/q2*-1;. The van der Waals surface area contributed by atoms with E-state index in [0.717, 1.165) is 22.5 Å². The van der Waals surface area contributed by atoms with Gasteiger partial charge in [-0.15, -0.1) is 70.8 Å². The Bertz CT molecular complexity index is 1180. The molecule has 1 aliphatic carbocycles. The number of fused-ring (bicyclic) bond motifs is 1. The minimum atomic E-state index is 0. The molecule has 0 saturated carbocycles. The van der Waals surface area contributed by atoms with Gasteiger partial charge in [-0.05, 0) is 47.7 Å². The van der Waals surface area contributed by atoms with Crippen LogP contribution in [0.25, 0.3) is 22.5 Å². The van der Waals surface area contributed by atoms with Crippen LogP contribution in [0, 0.1) is 19.1 Å². The SMILES string of the molecule is Cc1cccnc1-c1[c-]cc2c(c1)C(C)(C)CCC2(C)C.[Ir].[c-]1ccccc1-c1ccccn1. The number of aryl methyl sites for hydroxylation is 1. The van der Waals surface area contributed by atoms with Crippen LogP contribution in [0.15, 0.2) is 79.1 Å². The number of pyridine rings is 2. The van der Waals surface area contributed by atoms with E-state index in [0.29, 0.717) is 0 Å². The number of benzene rings is 2. The van der Waals surface area contributed by atoms with Gasteiger partial charge in [0.1, 0.15) is 0 Å². The Hall–Kier alpha value is -2.61. The monoisotopic (exact) mass is 625 g/mol. The van der Waals surface area contributed by atoms with E-state index in [1.165, 1.54) is 29.5 Å². The van der Waals surface area contributed by atoms with Gasteiger partial charge >= 0.3 is 0 Å². The average Bonchev–Trinajstić information content (AvgIpc) is 2.84. The zero-order valence-electron chi connectivity index (χ0n) is 20.6. The van der Waals surface area contributed by atoms with Crippen LogP contribution in [0.4, 0.5) is 0 Å². The van der Waals surface area contributed by atoms with Gasteiger partial charge < -0.3 is 9.97 Å². The predicted octanol–water partition coefficient (Wildman–Crippen LogP) is 7.75. The van der Waals surface area contributed by atoms with E-state index in [-0.39, 0.29) is 30.9 Å². The number of nitrogens with zero attached hydrogens (tertiary/aromatic N) is 2. The van der Waals surface area contributed by atoms with Crippen LogP contribution >= 0.6 is 0 Å². The van der Waals surface area contributed by atoms with Crippen molar-refractivity contribution in [2.24, 2.45) is 0 Å². The zero-order chi connectivity index (χ0) is 23.5. The summed E-state index contributed by atoms with van der Waals surface area (Å²) in [5, 5.41) is 0. The van der Waals surface area contributed by atoms with E-state index in [1.807, 2.05) is 54.7 Å². The van der Waals surface area contributed by atoms with Crippen molar-refractivity contribution in [2.45, 2.75) is 58.3 Å². The molecule has 1 radical (unpaired) electrons. The second kappa shape index (κ2) is 10.8. The molecule has 177 valence electrons. The van der Waals surface area contributed by atoms with Crippen molar-refractivity contribution in [3.8, 4) is 22.5 Å². The van der Waals surface area contributed by atoms with E-state index < -0.39 is 0 Å². The van der Waals surface area contributed by atoms with E-state index >= 15 is 0 Å². The predicted molar refractivity (Wildman–Crippen MR) is 137 cm³/mol. The van der Waals surface area contributed by atoms with Gasteiger partial charge in [0.05, 0.1) is 0 Å². The molecule has 2 aromatic carbocycles. The van der Waals surface area contributed by atoms with Crippen molar-refractivity contribution in [1.82, 2.24) is 9.97 Å². The Kier molecular flexibility index (Phi) is 8.23. The molecule has 0 N–H and O–H groups in total. The fourth-order valence-electron chi connectivity index (χ4n) is 4.48. The van der Waals surface area contributed by atoms with Crippen LogP contribution in [-0.2, 0) is 30.9 Å². The first kappa shape index (κ1) is 26.0. The van der Waals surface area contributed by atoms with Gasteiger partial charge in [0.25, 0.3) is 0 Å². The third kappa shape index (κ3) is 5.71. The molecule has 0 aliphatic heterocycles. The van der Waals surface area contributed by atoms with Crippen LogP contribution in [0.2, 0.25) is 0 Å². The molecule has 1 aliphatic rings. The first-order valence-electron chi connectivity index (χ1n) is 11.6. The van der Waals surface area contributed by atoms with Crippen LogP contribution in [-0.4, -0.2) is 9.97 Å². The molecule has 5 rings (SSSR count). The van der Waals surface area contributed by atoms with Crippen LogP contribution < -0.4 is 0 Å². The van der Waals surface area contributed by atoms with Crippen molar-refractivity contribution in [1.29, 1.82) is 0 Å². The third-order valence-corrected chi connectivity index (χ3v) is 6.70. The Morgan fingerprint density at radius 2 is 1.44 bits per heavy atom. The summed E-state index contributed by atoms with van der Waals surface area (Å²) < 4.78 is 0. The van der Waals surface area contributed by atoms with Gasteiger partial charge in [-0.2, -0.15) is 0 Å². The van der Waals surface area contributed by atoms with Crippen molar-refractivity contribution in [2.75, 3.05) is 0 Å². The summed E-state index contributed by atoms with van der Waals surface area (Å²) in [5.74, 6) is 0. The molecule has 4 aromatic rings. The van der Waals surface area contributed by atoms with Crippen LogP contribution in [0.1, 0.15) is 57.2 Å². The molecule has 34 heavy (non-hydrogen) atoms. The average molecular weight is 625 g/mol. The summed E-state index contributed by atoms with van der Waals surface area (Å²) >= 11 is 0. The van der Waals surface area contributed by atoms with E-state index in [4.69, 9.17) is 0 Å².